The van der Waals surface area contributed by atoms with E-state index in [9.17, 15) is 14.7 Å². The zero-order valence-electron chi connectivity index (χ0n) is 18.9. The number of halogens is 1. The molecular formula is C25H19ClN6O3S. The van der Waals surface area contributed by atoms with Crippen LogP contribution in [0.5, 0.6) is 0 Å². The Morgan fingerprint density at radius 2 is 1.94 bits per heavy atom. The number of nitrogens with one attached hydrogen (secondary N) is 2. The number of aromatic amines is 1. The van der Waals surface area contributed by atoms with Gasteiger partial charge < -0.3 is 10.4 Å². The van der Waals surface area contributed by atoms with Crippen LogP contribution in [0.4, 0.5) is 16.2 Å². The molecule has 2 aromatic carbocycles. The van der Waals surface area contributed by atoms with E-state index < -0.39 is 6.09 Å². The Labute approximate surface area is 214 Å². The Hall–Kier alpha value is -4.28. The van der Waals surface area contributed by atoms with Crippen molar-refractivity contribution in [1.82, 2.24) is 20.2 Å². The Bertz CT molecular complexity index is 1580. The number of thiazole rings is 1. The molecule has 5 rings (SSSR count). The summed E-state index contributed by atoms with van der Waals surface area (Å²) >= 11 is 7.73. The molecule has 0 radical (unpaired) electrons. The van der Waals surface area contributed by atoms with Gasteiger partial charge in [0.15, 0.2) is 5.15 Å². The molecule has 3 heterocycles. The number of anilines is 2. The van der Waals surface area contributed by atoms with Crippen LogP contribution in [0.1, 0.15) is 21.1 Å². The summed E-state index contributed by atoms with van der Waals surface area (Å²) < 4.78 is 0. The van der Waals surface area contributed by atoms with E-state index in [0.717, 1.165) is 20.9 Å². The maximum absolute atomic E-state index is 12.8. The van der Waals surface area contributed by atoms with E-state index >= 15 is 0 Å². The average Bonchev–Trinajstić information content (AvgIpc) is 3.53. The van der Waals surface area contributed by atoms with Crippen LogP contribution in [-0.4, -0.2) is 37.3 Å². The van der Waals surface area contributed by atoms with E-state index in [1.807, 2.05) is 43.3 Å². The van der Waals surface area contributed by atoms with Crippen molar-refractivity contribution in [3.05, 3.63) is 87.7 Å². The normalized spacial score (nSPS) is 10.9. The first-order valence-electron chi connectivity index (χ1n) is 10.8. The zero-order valence-corrected chi connectivity index (χ0v) is 20.5. The smallest absolute Gasteiger partial charge is 0.412 e. The molecule has 0 unspecified atom stereocenters. The molecular weight excluding hydrogens is 500 g/mol. The second-order valence-corrected chi connectivity index (χ2v) is 9.37. The lowest BCUT2D eigenvalue weighted by molar-refractivity contribution is 0.102. The molecule has 5 aromatic rings. The lowest BCUT2D eigenvalue weighted by atomic mass is 10.0. The summed E-state index contributed by atoms with van der Waals surface area (Å²) in [6, 6.07) is 14.5. The highest BCUT2D eigenvalue weighted by molar-refractivity contribution is 7.09. The largest absolute Gasteiger partial charge is 0.465 e. The van der Waals surface area contributed by atoms with Gasteiger partial charge in [-0.15, -0.1) is 11.3 Å². The summed E-state index contributed by atoms with van der Waals surface area (Å²) in [4.78, 5) is 34.5. The molecule has 36 heavy (non-hydrogen) atoms. The van der Waals surface area contributed by atoms with Gasteiger partial charge in [0.2, 0.25) is 0 Å². The minimum atomic E-state index is -1.16. The molecule has 0 saturated heterocycles. The highest BCUT2D eigenvalue weighted by atomic mass is 35.5. The van der Waals surface area contributed by atoms with Crippen molar-refractivity contribution in [2.45, 2.75) is 13.5 Å². The SMILES string of the molecule is Cc1nc(C(=O)Nc2cc(-c3cnc(Cl)c(N(Cc4ccccc4)C(=O)O)c3)cc3[nH]ncc23)cs1. The average molecular weight is 519 g/mol. The summed E-state index contributed by atoms with van der Waals surface area (Å²) in [6.45, 7) is 1.94. The van der Waals surface area contributed by atoms with Crippen LogP contribution in [0, 0.1) is 6.92 Å². The predicted octanol–water partition coefficient (Wildman–Crippen LogP) is 5.98. The first-order valence-corrected chi connectivity index (χ1v) is 12.1. The number of carbonyl (C=O) groups excluding carboxylic acids is 1. The highest BCUT2D eigenvalue weighted by Gasteiger charge is 2.21. The Morgan fingerprint density at radius 3 is 2.67 bits per heavy atom. The van der Waals surface area contributed by atoms with Crippen LogP contribution < -0.4 is 10.2 Å². The number of rotatable bonds is 6. The number of H-pyrrole nitrogens is 1. The summed E-state index contributed by atoms with van der Waals surface area (Å²) in [7, 11) is 0. The number of pyridine rings is 1. The van der Waals surface area contributed by atoms with E-state index in [4.69, 9.17) is 11.6 Å². The van der Waals surface area contributed by atoms with Gasteiger partial charge in [0.25, 0.3) is 5.91 Å². The fourth-order valence-corrected chi connectivity index (χ4v) is 4.58. The molecule has 0 fully saturated rings. The standard InChI is InChI=1S/C25H19ClN6O3S/c1-14-29-21(13-36-14)24(33)30-19-7-16(8-20-18(19)11-28-31-20)17-9-22(23(26)27-10-17)32(25(34)35)12-15-5-3-2-4-6-15/h2-11,13H,12H2,1H3,(H,28,31)(H,30,33)(H,34,35). The molecule has 180 valence electrons. The topological polar surface area (TPSA) is 124 Å². The molecule has 2 amide bonds. The maximum Gasteiger partial charge on any atom is 0.412 e. The predicted molar refractivity (Wildman–Crippen MR) is 140 cm³/mol. The van der Waals surface area contributed by atoms with Crippen LogP contribution in [0.15, 0.2) is 66.3 Å². The summed E-state index contributed by atoms with van der Waals surface area (Å²) in [5.41, 5.74) is 3.90. The van der Waals surface area contributed by atoms with Crippen molar-refractivity contribution in [3.8, 4) is 11.1 Å². The first-order chi connectivity index (χ1) is 17.4. The summed E-state index contributed by atoms with van der Waals surface area (Å²) in [6.07, 6.45) is 2.02. The lowest BCUT2D eigenvalue weighted by Gasteiger charge is -2.21. The van der Waals surface area contributed by atoms with Crippen LogP contribution in [0.3, 0.4) is 0 Å². The van der Waals surface area contributed by atoms with E-state index in [1.165, 1.54) is 11.3 Å². The molecule has 3 aromatic heterocycles. The van der Waals surface area contributed by atoms with Crippen molar-refractivity contribution in [2.75, 3.05) is 10.2 Å². The number of nitrogens with zero attached hydrogens (tertiary/aromatic N) is 4. The second-order valence-electron chi connectivity index (χ2n) is 7.95. The molecule has 0 spiro atoms. The number of carbonyl (C=O) groups is 2. The van der Waals surface area contributed by atoms with Gasteiger partial charge in [-0.1, -0.05) is 41.9 Å². The number of hydrogen-bond acceptors (Lipinski definition) is 6. The Kier molecular flexibility index (Phi) is 6.36. The van der Waals surface area contributed by atoms with Crippen molar-refractivity contribution in [3.63, 3.8) is 0 Å². The van der Waals surface area contributed by atoms with E-state index in [-0.39, 0.29) is 23.3 Å². The number of carboxylic acid groups (broad SMARTS) is 1. The minimum absolute atomic E-state index is 0.0622. The third-order valence-corrected chi connectivity index (χ3v) is 6.58. The first kappa shape index (κ1) is 23.5. The molecule has 9 nitrogen and oxygen atoms in total. The van der Waals surface area contributed by atoms with Crippen molar-refractivity contribution >= 4 is 57.2 Å². The van der Waals surface area contributed by atoms with Gasteiger partial charge in [-0.2, -0.15) is 5.10 Å². The molecule has 3 N–H and O–H groups in total. The fourth-order valence-electron chi connectivity index (χ4n) is 3.78. The number of hydrogen-bond donors (Lipinski definition) is 3. The van der Waals surface area contributed by atoms with Gasteiger partial charge >= 0.3 is 6.09 Å². The number of aromatic nitrogens is 4. The van der Waals surface area contributed by atoms with Crippen LogP contribution >= 0.6 is 22.9 Å². The molecule has 0 bridgehead atoms. The fraction of sp³-hybridized carbons (Fsp3) is 0.0800. The number of aryl methyl sites for hydroxylation is 1. The van der Waals surface area contributed by atoms with Crippen LogP contribution in [0.2, 0.25) is 5.15 Å². The maximum atomic E-state index is 12.8. The zero-order chi connectivity index (χ0) is 25.2. The molecule has 0 atom stereocenters. The number of benzene rings is 2. The number of amides is 2. The molecule has 0 saturated carbocycles. The third-order valence-electron chi connectivity index (χ3n) is 5.52. The van der Waals surface area contributed by atoms with E-state index in [2.05, 4.69) is 25.5 Å². The van der Waals surface area contributed by atoms with Crippen LogP contribution in [0.25, 0.3) is 22.0 Å². The van der Waals surface area contributed by atoms with Crippen LogP contribution in [-0.2, 0) is 6.54 Å². The molecule has 0 aliphatic heterocycles. The van der Waals surface area contributed by atoms with E-state index in [0.29, 0.717) is 28.0 Å². The number of fused-ring (bicyclic) bond motifs is 1. The third kappa shape index (κ3) is 4.77. The van der Waals surface area contributed by atoms with Crippen molar-refractivity contribution in [1.29, 1.82) is 0 Å². The van der Waals surface area contributed by atoms with Gasteiger partial charge in [-0.05, 0) is 36.2 Å². The van der Waals surface area contributed by atoms with Gasteiger partial charge in [0.1, 0.15) is 5.69 Å². The summed E-state index contributed by atoms with van der Waals surface area (Å²) in [5.74, 6) is -0.339. The van der Waals surface area contributed by atoms with Gasteiger partial charge in [-0.25, -0.2) is 14.8 Å². The quantitative estimate of drug-likeness (QED) is 0.237. The Balaban J connectivity index is 1.53. The van der Waals surface area contributed by atoms with Gasteiger partial charge in [0, 0.05) is 22.5 Å². The van der Waals surface area contributed by atoms with Crippen molar-refractivity contribution in [2.24, 2.45) is 0 Å². The molecule has 11 heteroatoms. The molecule has 0 aliphatic carbocycles. The van der Waals surface area contributed by atoms with Crippen molar-refractivity contribution < 1.29 is 14.7 Å². The minimum Gasteiger partial charge on any atom is -0.465 e. The second kappa shape index (κ2) is 9.76. The Morgan fingerprint density at radius 1 is 1.14 bits per heavy atom. The highest BCUT2D eigenvalue weighted by Crippen LogP contribution is 2.34. The van der Waals surface area contributed by atoms with E-state index in [1.54, 1.807) is 29.9 Å². The van der Waals surface area contributed by atoms with Gasteiger partial charge in [-0.3, -0.25) is 14.8 Å². The summed E-state index contributed by atoms with van der Waals surface area (Å²) in [5, 5.41) is 23.1. The molecule has 0 aliphatic rings. The monoisotopic (exact) mass is 518 g/mol. The van der Waals surface area contributed by atoms with Gasteiger partial charge in [0.05, 0.1) is 34.6 Å². The lowest BCUT2D eigenvalue weighted by Crippen LogP contribution is -2.29.